The van der Waals surface area contributed by atoms with E-state index in [1.54, 1.807) is 43.3 Å². The van der Waals surface area contributed by atoms with Crippen molar-refractivity contribution < 1.29 is 14.6 Å². The number of rotatable bonds is 4. The molecule has 1 aliphatic heterocycles. The second-order valence-corrected chi connectivity index (χ2v) is 8.32. The van der Waals surface area contributed by atoms with Crippen molar-refractivity contribution in [1.29, 1.82) is 0 Å². The average Bonchev–Trinajstić information content (AvgIpc) is 2.87. The van der Waals surface area contributed by atoms with Crippen molar-refractivity contribution in [3.63, 3.8) is 0 Å². The van der Waals surface area contributed by atoms with Gasteiger partial charge >= 0.3 is 0 Å². The number of hydrogen-bond acceptors (Lipinski definition) is 5. The van der Waals surface area contributed by atoms with E-state index >= 15 is 0 Å². The van der Waals surface area contributed by atoms with Gasteiger partial charge in [-0.1, -0.05) is 58.8 Å². The van der Waals surface area contributed by atoms with E-state index in [2.05, 4.69) is 0 Å². The van der Waals surface area contributed by atoms with Crippen LogP contribution in [0.3, 0.4) is 0 Å². The maximum Gasteiger partial charge on any atom is 0.270 e. The Kier molecular flexibility index (Phi) is 6.23. The van der Waals surface area contributed by atoms with Gasteiger partial charge in [0.2, 0.25) is 0 Å². The quantitative estimate of drug-likeness (QED) is 0.437. The molecular weight excluding hydrogens is 449 g/mol. The molecule has 27 heavy (non-hydrogen) atoms. The van der Waals surface area contributed by atoms with Crippen molar-refractivity contribution in [1.82, 2.24) is 0 Å². The number of aromatic hydroxyl groups is 1. The first-order valence-corrected chi connectivity index (χ1v) is 10.1. The fourth-order valence-corrected chi connectivity index (χ4v) is 4.43. The van der Waals surface area contributed by atoms with Gasteiger partial charge in [0.05, 0.1) is 27.2 Å². The Morgan fingerprint density at radius 2 is 1.96 bits per heavy atom. The molecule has 1 heterocycles. The molecule has 2 aromatic rings. The van der Waals surface area contributed by atoms with Gasteiger partial charge in [-0.2, -0.15) is 0 Å². The van der Waals surface area contributed by atoms with Crippen LogP contribution in [0.15, 0.2) is 35.2 Å². The van der Waals surface area contributed by atoms with Crippen LogP contribution in [0, 0.1) is 0 Å². The molecule has 0 bridgehead atoms. The number of halogens is 3. The second-order valence-electron chi connectivity index (χ2n) is 5.40. The third-order valence-corrected chi connectivity index (χ3v) is 5.72. The van der Waals surface area contributed by atoms with Gasteiger partial charge in [-0.25, -0.2) is 0 Å². The zero-order valence-electron chi connectivity index (χ0n) is 13.8. The van der Waals surface area contributed by atoms with Gasteiger partial charge in [-0.15, -0.1) is 0 Å². The van der Waals surface area contributed by atoms with Crippen LogP contribution in [-0.4, -0.2) is 21.9 Å². The number of phenolic OH excluding ortho intramolecular Hbond substituents is 1. The van der Waals surface area contributed by atoms with Gasteiger partial charge in [0.25, 0.3) is 5.91 Å². The summed E-state index contributed by atoms with van der Waals surface area (Å²) in [4.78, 5) is 14.6. The smallest absolute Gasteiger partial charge is 0.270 e. The Balaban J connectivity index is 1.97. The Labute approximate surface area is 180 Å². The molecule has 4 nitrogen and oxygen atoms in total. The number of thioether (sulfide) groups is 1. The van der Waals surface area contributed by atoms with E-state index in [9.17, 15) is 9.90 Å². The largest absolute Gasteiger partial charge is 0.503 e. The van der Waals surface area contributed by atoms with Crippen LogP contribution < -0.4 is 9.64 Å². The summed E-state index contributed by atoms with van der Waals surface area (Å²) in [6.45, 7) is 2.16. The lowest BCUT2D eigenvalue weighted by molar-refractivity contribution is -0.113. The Hall–Kier alpha value is -1.44. The van der Waals surface area contributed by atoms with Crippen LogP contribution in [0.5, 0.6) is 11.5 Å². The third-order valence-electron chi connectivity index (χ3n) is 3.59. The predicted molar refractivity (Wildman–Crippen MR) is 116 cm³/mol. The normalized spacial score (nSPS) is 15.7. The van der Waals surface area contributed by atoms with E-state index in [0.717, 1.165) is 11.8 Å². The number of carbonyl (C=O) groups is 1. The van der Waals surface area contributed by atoms with Gasteiger partial charge in [0.1, 0.15) is 0 Å². The summed E-state index contributed by atoms with van der Waals surface area (Å²) in [5, 5.41) is 10.9. The first-order chi connectivity index (χ1) is 12.8. The number of carbonyl (C=O) groups excluding carboxylic acids is 1. The Bertz CT molecular complexity index is 979. The zero-order chi connectivity index (χ0) is 19.7. The van der Waals surface area contributed by atoms with Crippen molar-refractivity contribution in [3.8, 4) is 11.5 Å². The number of hydrogen-bond donors (Lipinski definition) is 1. The number of benzene rings is 2. The maximum absolute atomic E-state index is 12.9. The molecule has 0 spiro atoms. The minimum absolute atomic E-state index is 0.128. The molecule has 0 unspecified atom stereocenters. The highest BCUT2D eigenvalue weighted by Gasteiger charge is 2.34. The molecule has 2 aromatic carbocycles. The minimum Gasteiger partial charge on any atom is -0.503 e. The summed E-state index contributed by atoms with van der Waals surface area (Å²) in [6, 6.07) is 7.98. The number of phenols is 1. The lowest BCUT2D eigenvalue weighted by Crippen LogP contribution is -2.27. The summed E-state index contributed by atoms with van der Waals surface area (Å²) < 4.78 is 5.72. The summed E-state index contributed by atoms with van der Waals surface area (Å²) in [6.07, 6.45) is 1.64. The number of nitrogens with zero attached hydrogens (tertiary/aromatic N) is 1. The zero-order valence-corrected chi connectivity index (χ0v) is 17.7. The standard InChI is InChI=1S/C18H12Cl3NO3S2/c1-2-25-14-6-9(5-12(21)16(14)23)7-15-17(24)22(18(26)27-15)13-4-3-10(19)8-11(13)20/h3-8,23H,2H2,1H3/b15-7+. The van der Waals surface area contributed by atoms with Gasteiger partial charge in [0, 0.05) is 5.02 Å². The van der Waals surface area contributed by atoms with Gasteiger partial charge in [-0.3, -0.25) is 9.69 Å². The third kappa shape index (κ3) is 4.20. The van der Waals surface area contributed by atoms with E-state index < -0.39 is 0 Å². The molecule has 0 saturated carbocycles. The van der Waals surface area contributed by atoms with Crippen molar-refractivity contribution >= 4 is 80.8 Å². The van der Waals surface area contributed by atoms with Gasteiger partial charge in [0.15, 0.2) is 15.8 Å². The second kappa shape index (κ2) is 8.29. The van der Waals surface area contributed by atoms with E-state index in [1.807, 2.05) is 0 Å². The fourth-order valence-electron chi connectivity index (χ4n) is 2.43. The van der Waals surface area contributed by atoms with Gasteiger partial charge in [-0.05, 0) is 48.9 Å². The summed E-state index contributed by atoms with van der Waals surface area (Å²) in [5.41, 5.74) is 1.06. The number of amides is 1. The van der Waals surface area contributed by atoms with Crippen molar-refractivity contribution in [2.24, 2.45) is 0 Å². The van der Waals surface area contributed by atoms with E-state index in [0.29, 0.717) is 37.1 Å². The number of ether oxygens (including phenoxy) is 1. The molecule has 0 aliphatic carbocycles. The average molecular weight is 461 g/mol. The van der Waals surface area contributed by atoms with Crippen LogP contribution in [0.1, 0.15) is 12.5 Å². The summed E-state index contributed by atoms with van der Waals surface area (Å²) in [5.74, 6) is -0.208. The van der Waals surface area contributed by atoms with Crippen LogP contribution >= 0.6 is 58.8 Å². The molecule has 0 aromatic heterocycles. The first kappa shape index (κ1) is 20.3. The topological polar surface area (TPSA) is 49.8 Å². The first-order valence-electron chi connectivity index (χ1n) is 7.70. The highest BCUT2D eigenvalue weighted by molar-refractivity contribution is 8.27. The molecule has 0 radical (unpaired) electrons. The van der Waals surface area contributed by atoms with E-state index in [-0.39, 0.29) is 22.4 Å². The molecule has 140 valence electrons. The lowest BCUT2D eigenvalue weighted by Gasteiger charge is -2.16. The molecule has 1 fully saturated rings. The summed E-state index contributed by atoms with van der Waals surface area (Å²) >= 11 is 24.7. The molecule has 1 N–H and O–H groups in total. The van der Waals surface area contributed by atoms with Crippen molar-refractivity contribution in [2.45, 2.75) is 6.92 Å². The van der Waals surface area contributed by atoms with Crippen LogP contribution in [0.2, 0.25) is 15.1 Å². The van der Waals surface area contributed by atoms with Crippen LogP contribution in [0.4, 0.5) is 5.69 Å². The highest BCUT2D eigenvalue weighted by Crippen LogP contribution is 2.41. The van der Waals surface area contributed by atoms with Crippen molar-refractivity contribution in [3.05, 3.63) is 55.9 Å². The van der Waals surface area contributed by atoms with E-state index in [1.165, 1.54) is 4.90 Å². The lowest BCUT2D eigenvalue weighted by atomic mass is 10.1. The molecule has 3 rings (SSSR count). The Morgan fingerprint density at radius 3 is 2.63 bits per heavy atom. The van der Waals surface area contributed by atoms with Crippen molar-refractivity contribution in [2.75, 3.05) is 11.5 Å². The van der Waals surface area contributed by atoms with Crippen LogP contribution in [0.25, 0.3) is 6.08 Å². The van der Waals surface area contributed by atoms with Gasteiger partial charge < -0.3 is 9.84 Å². The maximum atomic E-state index is 12.9. The van der Waals surface area contributed by atoms with E-state index in [4.69, 9.17) is 51.8 Å². The Morgan fingerprint density at radius 1 is 1.22 bits per heavy atom. The molecule has 9 heteroatoms. The monoisotopic (exact) mass is 459 g/mol. The van der Waals surface area contributed by atoms with Crippen LogP contribution in [-0.2, 0) is 4.79 Å². The predicted octanol–water partition coefficient (Wildman–Crippen LogP) is 6.16. The molecular formula is C18H12Cl3NO3S2. The molecule has 1 aliphatic rings. The molecule has 1 amide bonds. The molecule has 0 atom stereocenters. The molecule has 1 saturated heterocycles. The number of thiocarbonyl (C=S) groups is 1. The highest BCUT2D eigenvalue weighted by atomic mass is 35.5. The minimum atomic E-state index is -0.309. The SMILES string of the molecule is CCOc1cc(/C=C2/SC(=S)N(c3ccc(Cl)cc3Cl)C2=O)cc(Cl)c1O. The number of anilines is 1. The fraction of sp³-hybridized carbons (Fsp3) is 0.111. The summed E-state index contributed by atoms with van der Waals surface area (Å²) in [7, 11) is 0.